The summed E-state index contributed by atoms with van der Waals surface area (Å²) in [5.41, 5.74) is 4.07. The van der Waals surface area contributed by atoms with E-state index in [4.69, 9.17) is 0 Å². The molecule has 0 fully saturated rings. The molecule has 0 saturated carbocycles. The summed E-state index contributed by atoms with van der Waals surface area (Å²) in [7, 11) is -3.59. The number of fused-ring (bicyclic) bond motifs is 3. The average Bonchev–Trinajstić information content (AvgIpc) is 2.80. The standard InChI is InChI=1S/C28H26O3S/c1-18-12-14-21(15-13-18)32(30,31)26-16-19(2)24-17-25(29)22-10-6-7-11-23(22)28(24)27(26)20-8-4-3-5-9-20/h3-15,17,19,26-27,29H,16H2,1-2H3/t19-,26+,27-/m0/s1. The fourth-order valence-corrected chi connectivity index (χ4v) is 7.26. The highest BCUT2D eigenvalue weighted by Crippen LogP contribution is 2.50. The van der Waals surface area contributed by atoms with Crippen LogP contribution in [0.2, 0.25) is 0 Å². The maximum atomic E-state index is 14.0. The van der Waals surface area contributed by atoms with Gasteiger partial charge in [-0.25, -0.2) is 8.42 Å². The third-order valence-electron chi connectivity index (χ3n) is 6.80. The average molecular weight is 443 g/mol. The number of aromatic hydroxyl groups is 1. The zero-order chi connectivity index (χ0) is 22.5. The second-order valence-electron chi connectivity index (χ2n) is 8.87. The molecule has 0 aromatic heterocycles. The van der Waals surface area contributed by atoms with Crippen LogP contribution >= 0.6 is 0 Å². The van der Waals surface area contributed by atoms with Crippen LogP contribution < -0.4 is 0 Å². The van der Waals surface area contributed by atoms with Gasteiger partial charge in [0, 0.05) is 11.3 Å². The molecule has 1 aliphatic carbocycles. The van der Waals surface area contributed by atoms with Gasteiger partial charge in [-0.3, -0.25) is 0 Å². The van der Waals surface area contributed by atoms with E-state index in [1.54, 1.807) is 12.1 Å². The second kappa shape index (κ2) is 7.79. The van der Waals surface area contributed by atoms with Gasteiger partial charge in [0.15, 0.2) is 9.84 Å². The topological polar surface area (TPSA) is 54.4 Å². The lowest BCUT2D eigenvalue weighted by molar-refractivity contribution is 0.475. The second-order valence-corrected chi connectivity index (χ2v) is 11.0. The minimum absolute atomic E-state index is 0.00527. The van der Waals surface area contributed by atoms with Crippen molar-refractivity contribution in [1.29, 1.82) is 0 Å². The molecule has 0 radical (unpaired) electrons. The van der Waals surface area contributed by atoms with Crippen molar-refractivity contribution in [1.82, 2.24) is 0 Å². The first-order valence-corrected chi connectivity index (χ1v) is 12.5. The molecule has 3 atom stereocenters. The molecule has 4 aromatic rings. The van der Waals surface area contributed by atoms with Crippen LogP contribution in [-0.4, -0.2) is 18.8 Å². The first-order chi connectivity index (χ1) is 15.4. The van der Waals surface area contributed by atoms with Crippen molar-refractivity contribution in [3.63, 3.8) is 0 Å². The summed E-state index contributed by atoms with van der Waals surface area (Å²) < 4.78 is 28.0. The van der Waals surface area contributed by atoms with Crippen molar-refractivity contribution in [3.8, 4) is 5.75 Å². The van der Waals surface area contributed by atoms with Crippen LogP contribution in [0.25, 0.3) is 10.8 Å². The Hall–Kier alpha value is -3.11. The Labute approximate surface area is 189 Å². The number of hydrogen-bond donors (Lipinski definition) is 1. The van der Waals surface area contributed by atoms with E-state index in [0.29, 0.717) is 11.3 Å². The minimum Gasteiger partial charge on any atom is -0.507 e. The maximum Gasteiger partial charge on any atom is 0.182 e. The predicted octanol–water partition coefficient (Wildman–Crippen LogP) is 6.34. The number of phenols is 1. The predicted molar refractivity (Wildman–Crippen MR) is 129 cm³/mol. The SMILES string of the molecule is Cc1ccc(S(=O)(=O)[C@@H]2C[C@H](C)c3cc(O)c4ccccc4c3[C@H]2c2ccccc2)cc1. The molecule has 3 nitrogen and oxygen atoms in total. The molecule has 0 heterocycles. The van der Waals surface area contributed by atoms with Gasteiger partial charge in [-0.15, -0.1) is 0 Å². The van der Waals surface area contributed by atoms with Crippen LogP contribution in [-0.2, 0) is 9.84 Å². The van der Waals surface area contributed by atoms with Gasteiger partial charge in [-0.1, -0.05) is 79.2 Å². The normalized spacial score (nSPS) is 20.8. The van der Waals surface area contributed by atoms with Crippen LogP contribution in [0.5, 0.6) is 5.75 Å². The minimum atomic E-state index is -3.59. The van der Waals surface area contributed by atoms with E-state index < -0.39 is 15.1 Å². The van der Waals surface area contributed by atoms with Crippen molar-refractivity contribution in [3.05, 3.63) is 107 Å². The van der Waals surface area contributed by atoms with Crippen LogP contribution in [0.1, 0.15) is 47.4 Å². The van der Waals surface area contributed by atoms with Crippen molar-refractivity contribution >= 4 is 20.6 Å². The van der Waals surface area contributed by atoms with Gasteiger partial charge in [0.05, 0.1) is 10.1 Å². The fourth-order valence-electron chi connectivity index (χ4n) is 5.20. The highest BCUT2D eigenvalue weighted by atomic mass is 32.2. The molecule has 0 unspecified atom stereocenters. The summed E-state index contributed by atoms with van der Waals surface area (Å²) in [4.78, 5) is 0.368. The molecule has 0 saturated heterocycles. The van der Waals surface area contributed by atoms with Crippen LogP contribution in [0.4, 0.5) is 0 Å². The van der Waals surface area contributed by atoms with Crippen LogP contribution in [0, 0.1) is 6.92 Å². The Kier molecular flexibility index (Phi) is 5.06. The number of benzene rings is 4. The van der Waals surface area contributed by atoms with Gasteiger partial charge in [0.2, 0.25) is 0 Å². The summed E-state index contributed by atoms with van der Waals surface area (Å²) in [5, 5.41) is 11.8. The molecule has 1 aliphatic rings. The maximum absolute atomic E-state index is 14.0. The molecule has 0 aliphatic heterocycles. The lowest BCUT2D eigenvalue weighted by Crippen LogP contribution is -2.35. The van der Waals surface area contributed by atoms with Crippen LogP contribution in [0.3, 0.4) is 0 Å². The largest absolute Gasteiger partial charge is 0.507 e. The number of rotatable bonds is 3. The van der Waals surface area contributed by atoms with E-state index in [1.165, 1.54) is 0 Å². The summed E-state index contributed by atoms with van der Waals surface area (Å²) in [6, 6.07) is 26.7. The molecule has 0 bridgehead atoms. The molecule has 0 amide bonds. The van der Waals surface area contributed by atoms with Crippen molar-refractivity contribution in [2.75, 3.05) is 0 Å². The van der Waals surface area contributed by atoms with Gasteiger partial charge in [-0.2, -0.15) is 0 Å². The Morgan fingerprint density at radius 2 is 1.47 bits per heavy atom. The number of hydrogen-bond acceptors (Lipinski definition) is 3. The molecule has 1 N–H and O–H groups in total. The molecule has 4 aromatic carbocycles. The Morgan fingerprint density at radius 3 is 2.16 bits per heavy atom. The van der Waals surface area contributed by atoms with E-state index in [-0.39, 0.29) is 17.6 Å². The quantitative estimate of drug-likeness (QED) is 0.403. The van der Waals surface area contributed by atoms with E-state index in [1.807, 2.05) is 79.7 Å². The van der Waals surface area contributed by atoms with Crippen molar-refractivity contribution in [2.24, 2.45) is 0 Å². The molecule has 32 heavy (non-hydrogen) atoms. The molecule has 0 spiro atoms. The van der Waals surface area contributed by atoms with Crippen molar-refractivity contribution < 1.29 is 13.5 Å². The third kappa shape index (κ3) is 3.30. The third-order valence-corrected chi connectivity index (χ3v) is 8.99. The smallest absolute Gasteiger partial charge is 0.182 e. The molecular formula is C28H26O3S. The zero-order valence-electron chi connectivity index (χ0n) is 18.2. The molecule has 162 valence electrons. The summed E-state index contributed by atoms with van der Waals surface area (Å²) in [6.07, 6.45) is 0.501. The van der Waals surface area contributed by atoms with E-state index in [2.05, 4.69) is 6.92 Å². The Bertz CT molecular complexity index is 1390. The number of phenolic OH excluding ortho intramolecular Hbond substituents is 1. The summed E-state index contributed by atoms with van der Waals surface area (Å²) in [6.45, 7) is 4.02. The van der Waals surface area contributed by atoms with E-state index in [9.17, 15) is 13.5 Å². The van der Waals surface area contributed by atoms with Gasteiger partial charge in [0.25, 0.3) is 0 Å². The van der Waals surface area contributed by atoms with E-state index >= 15 is 0 Å². The van der Waals surface area contributed by atoms with Gasteiger partial charge < -0.3 is 5.11 Å². The summed E-state index contributed by atoms with van der Waals surface area (Å²) in [5.74, 6) is -0.0669. The van der Waals surface area contributed by atoms with Gasteiger partial charge >= 0.3 is 0 Å². The lowest BCUT2D eigenvalue weighted by atomic mass is 9.72. The van der Waals surface area contributed by atoms with E-state index in [0.717, 1.165) is 33.0 Å². The van der Waals surface area contributed by atoms with Gasteiger partial charge in [-0.05, 0) is 59.5 Å². The first kappa shape index (κ1) is 20.8. The lowest BCUT2D eigenvalue weighted by Gasteiger charge is -2.38. The first-order valence-electron chi connectivity index (χ1n) is 11.0. The fraction of sp³-hybridized carbons (Fsp3) is 0.214. The number of aryl methyl sites for hydroxylation is 1. The Balaban J connectivity index is 1.81. The zero-order valence-corrected chi connectivity index (χ0v) is 19.0. The molecular weight excluding hydrogens is 416 g/mol. The highest BCUT2D eigenvalue weighted by molar-refractivity contribution is 7.92. The summed E-state index contributed by atoms with van der Waals surface area (Å²) >= 11 is 0. The molecule has 4 heteroatoms. The van der Waals surface area contributed by atoms with Crippen molar-refractivity contribution in [2.45, 2.75) is 42.2 Å². The Morgan fingerprint density at radius 1 is 0.844 bits per heavy atom. The highest BCUT2D eigenvalue weighted by Gasteiger charge is 2.43. The number of sulfone groups is 1. The monoisotopic (exact) mass is 442 g/mol. The van der Waals surface area contributed by atoms with Gasteiger partial charge in [0.1, 0.15) is 5.75 Å². The molecule has 5 rings (SSSR count). The van der Waals surface area contributed by atoms with Crippen LogP contribution in [0.15, 0.2) is 89.8 Å².